The Labute approximate surface area is 309 Å². The predicted molar refractivity (Wildman–Crippen MR) is 204 cm³/mol. The van der Waals surface area contributed by atoms with Crippen LogP contribution in [0.5, 0.6) is 0 Å². The van der Waals surface area contributed by atoms with E-state index in [9.17, 15) is 0 Å². The first-order valence-electron chi connectivity index (χ1n) is 16.7. The van der Waals surface area contributed by atoms with E-state index in [4.69, 9.17) is 0 Å². The summed E-state index contributed by atoms with van der Waals surface area (Å²) in [5.41, 5.74) is 0.508. The van der Waals surface area contributed by atoms with Gasteiger partial charge in [-0.2, -0.15) is 0 Å². The molecule has 0 aromatic rings. The summed E-state index contributed by atoms with van der Waals surface area (Å²) in [6.45, 7) is 13.1. The molecule has 0 radical (unpaired) electrons. The van der Waals surface area contributed by atoms with Crippen LogP contribution in [0.25, 0.3) is 0 Å². The molecule has 7 heterocycles. The summed E-state index contributed by atoms with van der Waals surface area (Å²) >= 11 is 10.9. The minimum absolute atomic E-state index is 0.0424. The second-order valence-electron chi connectivity index (χ2n) is 12.7. The monoisotopic (exact) mass is 786 g/mol. The summed E-state index contributed by atoms with van der Waals surface area (Å²) in [6.07, 6.45) is 0.875. The van der Waals surface area contributed by atoms with Gasteiger partial charge in [-0.05, 0) is 41.5 Å². The van der Waals surface area contributed by atoms with Gasteiger partial charge < -0.3 is 0 Å². The van der Waals surface area contributed by atoms with Gasteiger partial charge in [0, 0.05) is 0 Å². The van der Waals surface area contributed by atoms with Crippen LogP contribution in [0.4, 0.5) is 0 Å². The highest BCUT2D eigenvalue weighted by Crippen LogP contribution is 2.28. The van der Waals surface area contributed by atoms with Gasteiger partial charge >= 0.3 is 0 Å². The van der Waals surface area contributed by atoms with Crippen LogP contribution in [-0.2, 0) is 0 Å². The van der Waals surface area contributed by atoms with Crippen molar-refractivity contribution in [3.63, 3.8) is 0 Å². The van der Waals surface area contributed by atoms with Gasteiger partial charge in [0.1, 0.15) is 66.0 Å². The number of hydrogen-bond donors (Lipinski definition) is 18. The Morgan fingerprint density at radius 1 is 0.188 bits per heavy atom. The molecule has 48 heavy (non-hydrogen) atoms. The Hall–Kier alpha value is 1.38. The molecular weight excluding hydrogens is 733 g/mol. The maximum Gasteiger partial charge on any atom is 0.111 e. The lowest BCUT2D eigenvalue weighted by molar-refractivity contribution is 0.282. The Kier molecular flexibility index (Phi) is 13.5. The molecule has 18 N–H and O–H groups in total. The quantitative estimate of drug-likeness (QED) is 0.115. The van der Waals surface area contributed by atoms with Crippen molar-refractivity contribution < 1.29 is 0 Å². The molecule has 24 heteroatoms. The van der Waals surface area contributed by atoms with E-state index in [1.807, 2.05) is 70.6 Å². The molecule has 12 bridgehead atoms. The minimum atomic E-state index is 0.0424. The smallest absolute Gasteiger partial charge is 0.111 e. The second-order valence-corrected chi connectivity index (χ2v) is 20.0. The highest BCUT2D eigenvalue weighted by Gasteiger charge is 2.38. The number of fused-ring (bicyclic) bond motifs is 12. The first-order valence-corrected chi connectivity index (χ1v) is 22.3. The molecule has 18 nitrogen and oxygen atoms in total. The molecule has 0 saturated carbocycles. The number of nitrogens with one attached hydrogen (secondary N) is 18. The van der Waals surface area contributed by atoms with Gasteiger partial charge in [-0.3, -0.25) is 95.7 Å². The van der Waals surface area contributed by atoms with Crippen LogP contribution in [0.15, 0.2) is 0 Å². The standard InChI is InChI=1S/C24H54N18S6/c1-7-25-13-37-14(26-7)44-16-28-9(3)30-18(39-16)46-20-32-11(5)34-22(41-20)48-24-36-12(6)35-23(42-24)47-21-33-10(4)31-19(40-21)45-17-29-8(2)27-15(38-17)43-13/h7-42H,1-6H3. The van der Waals surface area contributed by atoms with E-state index in [0.29, 0.717) is 0 Å². The minimum Gasteiger partial charge on any atom is -0.278 e. The summed E-state index contributed by atoms with van der Waals surface area (Å²) in [4.78, 5) is 0. The molecule has 0 aromatic carbocycles. The summed E-state index contributed by atoms with van der Waals surface area (Å²) in [5, 5.41) is 66.6. The zero-order chi connectivity index (χ0) is 33.4. The fourth-order valence-corrected chi connectivity index (χ4v) is 14.3. The van der Waals surface area contributed by atoms with Crippen LogP contribution in [-0.4, -0.2) is 103 Å². The van der Waals surface area contributed by atoms with Crippen LogP contribution in [0.1, 0.15) is 41.5 Å². The van der Waals surface area contributed by atoms with E-state index in [-0.39, 0.29) is 103 Å². The van der Waals surface area contributed by atoms with Gasteiger partial charge in [-0.25, -0.2) is 0 Å². The highest BCUT2D eigenvalue weighted by atomic mass is 32.2. The SMILES string of the molecule is CC1NC2NC(N1)SC1NC(C)NC(N1)SC1NC(C)NC(N1)SC1NC(C)NC(N1)SC1NC(C)NC(N1)SC1NC(C)NC(N1)S2. The molecule has 0 amide bonds. The zero-order valence-electron chi connectivity index (χ0n) is 27.8. The van der Waals surface area contributed by atoms with Gasteiger partial charge in [-0.15, -0.1) is 0 Å². The van der Waals surface area contributed by atoms with E-state index in [1.54, 1.807) is 0 Å². The average molecular weight is 787 g/mol. The van der Waals surface area contributed by atoms with Crippen LogP contribution >= 0.6 is 70.6 Å². The van der Waals surface area contributed by atoms with Gasteiger partial charge in [0.25, 0.3) is 0 Å². The normalized spacial score (nSPS) is 52.9. The van der Waals surface area contributed by atoms with Gasteiger partial charge in [-0.1, -0.05) is 70.6 Å². The van der Waals surface area contributed by atoms with Crippen molar-refractivity contribution in [2.75, 3.05) is 0 Å². The lowest BCUT2D eigenvalue weighted by Crippen LogP contribution is -2.72. The maximum absolute atomic E-state index is 3.77. The number of hydrogen-bond acceptors (Lipinski definition) is 24. The molecule has 7 aliphatic heterocycles. The third kappa shape index (κ3) is 10.7. The Balaban J connectivity index is 1.08. The highest BCUT2D eigenvalue weighted by molar-refractivity contribution is 8.02. The molecule has 276 valence electrons. The molecule has 12 atom stereocenters. The lowest BCUT2D eigenvalue weighted by Gasteiger charge is -2.46. The van der Waals surface area contributed by atoms with Crippen molar-refractivity contribution >= 4 is 70.6 Å². The molecule has 7 saturated heterocycles. The fourth-order valence-electron chi connectivity index (χ4n) is 6.17. The fraction of sp³-hybridized carbons (Fsp3) is 1.00. The van der Waals surface area contributed by atoms with Crippen molar-refractivity contribution in [2.45, 2.75) is 145 Å². The summed E-state index contributed by atoms with van der Waals surface area (Å²) < 4.78 is 0. The van der Waals surface area contributed by atoms with Crippen molar-refractivity contribution in [3.05, 3.63) is 0 Å². The molecule has 7 aliphatic rings. The number of thioether (sulfide) groups is 6. The van der Waals surface area contributed by atoms with Crippen LogP contribution in [0.2, 0.25) is 0 Å². The molecule has 0 spiro atoms. The van der Waals surface area contributed by atoms with Crippen molar-refractivity contribution in [3.8, 4) is 0 Å². The van der Waals surface area contributed by atoms with Crippen molar-refractivity contribution in [2.24, 2.45) is 0 Å². The van der Waals surface area contributed by atoms with E-state index < -0.39 is 0 Å². The summed E-state index contributed by atoms with van der Waals surface area (Å²) in [7, 11) is 0. The van der Waals surface area contributed by atoms with Crippen LogP contribution < -0.4 is 95.7 Å². The van der Waals surface area contributed by atoms with E-state index in [0.717, 1.165) is 0 Å². The topological polar surface area (TPSA) is 217 Å². The zero-order valence-corrected chi connectivity index (χ0v) is 32.7. The average Bonchev–Trinajstić information content (AvgIpc) is 2.95. The van der Waals surface area contributed by atoms with Crippen molar-refractivity contribution in [1.82, 2.24) is 95.7 Å². The predicted octanol–water partition coefficient (Wildman–Crippen LogP) is -3.43. The molecule has 7 fully saturated rings. The maximum atomic E-state index is 3.77. The Morgan fingerprint density at radius 2 is 0.292 bits per heavy atom. The number of rotatable bonds is 0. The summed E-state index contributed by atoms with van der Waals surface area (Å²) in [6, 6.07) is 0. The molecule has 0 aliphatic carbocycles. The Bertz CT molecular complexity index is 786. The molecular formula is C24H54N18S6. The Morgan fingerprint density at radius 3 is 0.396 bits per heavy atom. The van der Waals surface area contributed by atoms with Gasteiger partial charge in [0.15, 0.2) is 0 Å². The first kappa shape index (κ1) is 37.7. The van der Waals surface area contributed by atoms with Crippen LogP contribution in [0, 0.1) is 0 Å². The third-order valence-corrected chi connectivity index (χ3v) is 14.8. The summed E-state index contributed by atoms with van der Waals surface area (Å²) in [5.74, 6) is 0. The van der Waals surface area contributed by atoms with Gasteiger partial charge in [0.2, 0.25) is 0 Å². The third-order valence-electron chi connectivity index (χ3n) is 8.27. The first-order chi connectivity index (χ1) is 23.1. The van der Waals surface area contributed by atoms with Gasteiger partial charge in [0.05, 0.1) is 37.0 Å². The molecule has 12 unspecified atom stereocenters. The van der Waals surface area contributed by atoms with Crippen molar-refractivity contribution in [1.29, 1.82) is 0 Å². The molecule has 0 aromatic heterocycles. The van der Waals surface area contributed by atoms with E-state index in [2.05, 4.69) is 137 Å². The second kappa shape index (κ2) is 17.2. The van der Waals surface area contributed by atoms with E-state index >= 15 is 0 Å². The largest absolute Gasteiger partial charge is 0.278 e. The van der Waals surface area contributed by atoms with Crippen LogP contribution in [0.3, 0.4) is 0 Å². The van der Waals surface area contributed by atoms with E-state index in [1.165, 1.54) is 0 Å². The lowest BCUT2D eigenvalue weighted by atomic mass is 10.5. The molecule has 7 rings (SSSR count).